The summed E-state index contributed by atoms with van der Waals surface area (Å²) in [4.78, 5) is 0. The van der Waals surface area contributed by atoms with Gasteiger partial charge in [-0.1, -0.05) is 12.2 Å². The lowest BCUT2D eigenvalue weighted by atomic mass is 10.3. The minimum atomic E-state index is -3.17. The monoisotopic (exact) mass is 205 g/mol. The van der Waals surface area contributed by atoms with Crippen molar-refractivity contribution in [2.24, 2.45) is 0 Å². The molecule has 0 aromatic rings. The van der Waals surface area contributed by atoms with Crippen LogP contribution in [0.25, 0.3) is 0 Å². The molecule has 5 heteroatoms. The van der Waals surface area contributed by atoms with Crippen LogP contribution in [0.5, 0.6) is 0 Å². The first kappa shape index (κ1) is 10.7. The Morgan fingerprint density at radius 2 is 2.31 bits per heavy atom. The van der Waals surface area contributed by atoms with Gasteiger partial charge in [-0.2, -0.15) is 4.31 Å². The normalized spacial score (nSPS) is 25.8. The molecule has 1 atom stereocenters. The average molecular weight is 205 g/mol. The Bertz CT molecular complexity index is 284. The van der Waals surface area contributed by atoms with E-state index in [2.05, 4.69) is 0 Å². The lowest BCUT2D eigenvalue weighted by Crippen LogP contribution is -2.31. The van der Waals surface area contributed by atoms with Gasteiger partial charge in [0.2, 0.25) is 10.0 Å². The van der Waals surface area contributed by atoms with Gasteiger partial charge in [0.25, 0.3) is 0 Å². The molecule has 1 rings (SSSR count). The van der Waals surface area contributed by atoms with E-state index in [0.717, 1.165) is 0 Å². The van der Waals surface area contributed by atoms with Crippen molar-refractivity contribution in [1.82, 2.24) is 4.31 Å². The summed E-state index contributed by atoms with van der Waals surface area (Å²) in [7, 11) is -3.17. The maximum atomic E-state index is 11.5. The highest BCUT2D eigenvalue weighted by molar-refractivity contribution is 7.89. The van der Waals surface area contributed by atoms with Crippen molar-refractivity contribution >= 4 is 10.0 Å². The van der Waals surface area contributed by atoms with Crippen LogP contribution in [-0.2, 0) is 10.0 Å². The van der Waals surface area contributed by atoms with Crippen LogP contribution >= 0.6 is 0 Å². The van der Waals surface area contributed by atoms with Crippen LogP contribution in [0.1, 0.15) is 13.3 Å². The van der Waals surface area contributed by atoms with Gasteiger partial charge in [0.1, 0.15) is 0 Å². The van der Waals surface area contributed by atoms with Crippen molar-refractivity contribution in [2.45, 2.75) is 19.4 Å². The minimum Gasteiger partial charge on any atom is -0.392 e. The molecule has 0 radical (unpaired) electrons. The van der Waals surface area contributed by atoms with Crippen molar-refractivity contribution in [3.8, 4) is 0 Å². The van der Waals surface area contributed by atoms with E-state index in [4.69, 9.17) is 5.11 Å². The summed E-state index contributed by atoms with van der Waals surface area (Å²) in [5, 5.41) is 9.16. The summed E-state index contributed by atoms with van der Waals surface area (Å²) in [6.45, 7) is 2.48. The number of aliphatic hydroxyl groups excluding tert-OH is 1. The lowest BCUT2D eigenvalue weighted by molar-refractivity contribution is 0.189. The van der Waals surface area contributed by atoms with E-state index in [1.807, 2.05) is 0 Å². The molecule has 1 saturated heterocycles. The van der Waals surface area contributed by atoms with E-state index in [0.29, 0.717) is 13.0 Å². The molecule has 1 heterocycles. The summed E-state index contributed by atoms with van der Waals surface area (Å²) < 4.78 is 24.3. The van der Waals surface area contributed by atoms with Crippen LogP contribution in [0, 0.1) is 0 Å². The molecule has 1 aliphatic heterocycles. The van der Waals surface area contributed by atoms with E-state index in [1.54, 1.807) is 19.1 Å². The van der Waals surface area contributed by atoms with Gasteiger partial charge in [-0.15, -0.1) is 0 Å². The van der Waals surface area contributed by atoms with Crippen LogP contribution in [0.15, 0.2) is 12.2 Å². The third-order valence-electron chi connectivity index (χ3n) is 2.06. The Morgan fingerprint density at radius 1 is 1.62 bits per heavy atom. The largest absolute Gasteiger partial charge is 0.392 e. The second-order valence-electron chi connectivity index (χ2n) is 3.15. The van der Waals surface area contributed by atoms with Gasteiger partial charge < -0.3 is 5.11 Å². The highest BCUT2D eigenvalue weighted by Gasteiger charge is 2.28. The molecular formula is C8H15NO3S. The number of hydrogen-bond donors (Lipinski definition) is 1. The molecule has 1 aliphatic rings. The highest BCUT2D eigenvalue weighted by atomic mass is 32.2. The summed E-state index contributed by atoms with van der Waals surface area (Å²) in [5.74, 6) is 0.0379. The van der Waals surface area contributed by atoms with Gasteiger partial charge in [0.15, 0.2) is 0 Å². The zero-order chi connectivity index (χ0) is 9.90. The quantitative estimate of drug-likeness (QED) is 0.658. The number of allylic oxidation sites excluding steroid dienone is 1. The van der Waals surface area contributed by atoms with Crippen LogP contribution in [-0.4, -0.2) is 42.8 Å². The van der Waals surface area contributed by atoms with Gasteiger partial charge in [-0.25, -0.2) is 8.42 Å². The zero-order valence-corrected chi connectivity index (χ0v) is 8.50. The molecule has 1 fully saturated rings. The lowest BCUT2D eigenvalue weighted by Gasteiger charge is -2.13. The molecule has 13 heavy (non-hydrogen) atoms. The van der Waals surface area contributed by atoms with Gasteiger partial charge in [0.05, 0.1) is 11.9 Å². The van der Waals surface area contributed by atoms with E-state index in [-0.39, 0.29) is 12.3 Å². The number of nitrogens with zero attached hydrogens (tertiary/aromatic N) is 1. The van der Waals surface area contributed by atoms with E-state index >= 15 is 0 Å². The van der Waals surface area contributed by atoms with Gasteiger partial charge in [0, 0.05) is 13.1 Å². The maximum Gasteiger partial charge on any atom is 0.217 e. The van der Waals surface area contributed by atoms with Gasteiger partial charge in [-0.05, 0) is 13.3 Å². The molecule has 0 unspecified atom stereocenters. The summed E-state index contributed by atoms with van der Waals surface area (Å²) in [6.07, 6.45) is 3.39. The predicted molar refractivity (Wildman–Crippen MR) is 50.8 cm³/mol. The smallest absolute Gasteiger partial charge is 0.217 e. The number of aliphatic hydroxyl groups is 1. The molecule has 76 valence electrons. The Hall–Kier alpha value is -0.390. The molecule has 0 amide bonds. The van der Waals surface area contributed by atoms with E-state index < -0.39 is 16.1 Å². The summed E-state index contributed by atoms with van der Waals surface area (Å²) in [5.41, 5.74) is 0. The molecule has 4 nitrogen and oxygen atoms in total. The first-order chi connectivity index (χ1) is 6.06. The average Bonchev–Trinajstić information content (AvgIpc) is 2.49. The minimum absolute atomic E-state index is 0.0379. The van der Waals surface area contributed by atoms with Crippen molar-refractivity contribution < 1.29 is 13.5 Å². The van der Waals surface area contributed by atoms with Gasteiger partial charge in [-0.3, -0.25) is 0 Å². The SMILES string of the molecule is C/C=C/CS(=O)(=O)N1CC[C@H](O)C1. The first-order valence-electron chi connectivity index (χ1n) is 4.33. The number of β-amino-alcohol motifs (C(OH)–C–C–N with tert-alkyl or cyclic N) is 1. The molecule has 0 aromatic heterocycles. The van der Waals surface area contributed by atoms with Crippen LogP contribution in [0.4, 0.5) is 0 Å². The first-order valence-corrected chi connectivity index (χ1v) is 5.94. The fourth-order valence-corrected chi connectivity index (χ4v) is 2.72. The van der Waals surface area contributed by atoms with Crippen LogP contribution in [0.3, 0.4) is 0 Å². The molecular weight excluding hydrogens is 190 g/mol. The molecule has 0 aromatic carbocycles. The van der Waals surface area contributed by atoms with Crippen LogP contribution < -0.4 is 0 Å². The van der Waals surface area contributed by atoms with Crippen molar-refractivity contribution in [3.05, 3.63) is 12.2 Å². The summed E-state index contributed by atoms with van der Waals surface area (Å²) in [6, 6.07) is 0. The molecule has 0 spiro atoms. The highest BCUT2D eigenvalue weighted by Crippen LogP contribution is 2.13. The van der Waals surface area contributed by atoms with Crippen molar-refractivity contribution in [2.75, 3.05) is 18.8 Å². The van der Waals surface area contributed by atoms with E-state index in [1.165, 1.54) is 4.31 Å². The topological polar surface area (TPSA) is 57.6 Å². The fourth-order valence-electron chi connectivity index (χ4n) is 1.29. The Labute approximate surface area is 78.9 Å². The molecule has 0 aliphatic carbocycles. The number of hydrogen-bond acceptors (Lipinski definition) is 3. The maximum absolute atomic E-state index is 11.5. The Balaban J connectivity index is 2.60. The van der Waals surface area contributed by atoms with Crippen molar-refractivity contribution in [3.63, 3.8) is 0 Å². The predicted octanol–water partition coefficient (Wildman–Crippen LogP) is -0.0411. The third-order valence-corrected chi connectivity index (χ3v) is 3.79. The number of rotatable bonds is 3. The molecule has 0 bridgehead atoms. The molecule has 1 N–H and O–H groups in total. The number of sulfonamides is 1. The van der Waals surface area contributed by atoms with E-state index in [9.17, 15) is 8.42 Å². The standard InChI is InChI=1S/C8H15NO3S/c1-2-3-6-13(11,12)9-5-4-8(10)7-9/h2-3,8,10H,4-7H2,1H3/b3-2+/t8-/m0/s1. The van der Waals surface area contributed by atoms with Crippen molar-refractivity contribution in [1.29, 1.82) is 0 Å². The third kappa shape index (κ3) is 2.79. The molecule has 0 saturated carbocycles. The fraction of sp³-hybridized carbons (Fsp3) is 0.750. The Kier molecular flexibility index (Phi) is 3.47. The second kappa shape index (κ2) is 4.21. The van der Waals surface area contributed by atoms with Crippen LogP contribution in [0.2, 0.25) is 0 Å². The second-order valence-corrected chi connectivity index (χ2v) is 5.16. The summed E-state index contributed by atoms with van der Waals surface area (Å²) >= 11 is 0. The zero-order valence-electron chi connectivity index (χ0n) is 7.68. The van der Waals surface area contributed by atoms with Gasteiger partial charge >= 0.3 is 0 Å². The Morgan fingerprint density at radius 3 is 2.77 bits per heavy atom.